The molecule has 146 valence electrons. The number of piperidine rings is 2. The van der Waals surface area contributed by atoms with Crippen molar-refractivity contribution >= 4 is 11.9 Å². The minimum absolute atomic E-state index is 0.00970. The van der Waals surface area contributed by atoms with E-state index in [1.165, 1.54) is 0 Å². The molecule has 2 aromatic rings. The van der Waals surface area contributed by atoms with Crippen LogP contribution in [0.1, 0.15) is 43.4 Å². The zero-order chi connectivity index (χ0) is 19.3. The van der Waals surface area contributed by atoms with Crippen molar-refractivity contribution in [3.05, 3.63) is 66.0 Å². The van der Waals surface area contributed by atoms with Crippen LogP contribution >= 0.6 is 0 Å². The first-order valence-corrected chi connectivity index (χ1v) is 10.1. The number of hydrogen-bond acceptors (Lipinski definition) is 4. The van der Waals surface area contributed by atoms with Crippen LogP contribution < -0.4 is 0 Å². The molecule has 2 saturated heterocycles. The summed E-state index contributed by atoms with van der Waals surface area (Å²) >= 11 is 0. The lowest BCUT2D eigenvalue weighted by molar-refractivity contribution is -0.126. The maximum atomic E-state index is 12.8. The molecule has 2 fully saturated rings. The first kappa shape index (κ1) is 18.7. The summed E-state index contributed by atoms with van der Waals surface area (Å²) in [5, 5.41) is 0. The Hall–Kier alpha value is -2.69. The van der Waals surface area contributed by atoms with Gasteiger partial charge < -0.3 is 9.64 Å². The van der Waals surface area contributed by atoms with Gasteiger partial charge >= 0.3 is 6.09 Å². The first-order chi connectivity index (χ1) is 13.7. The number of benzene rings is 1. The third kappa shape index (κ3) is 4.24. The Morgan fingerprint density at radius 2 is 1.71 bits per heavy atom. The fraction of sp³-hybridized carbons (Fsp3) is 0.435. The molecule has 2 atom stereocenters. The van der Waals surface area contributed by atoms with E-state index in [9.17, 15) is 9.59 Å². The van der Waals surface area contributed by atoms with Gasteiger partial charge in [-0.25, -0.2) is 4.79 Å². The Balaban J connectivity index is 1.37. The van der Waals surface area contributed by atoms with Crippen molar-refractivity contribution in [1.29, 1.82) is 0 Å². The molecule has 0 N–H and O–H groups in total. The van der Waals surface area contributed by atoms with Gasteiger partial charge in [-0.3, -0.25) is 9.78 Å². The molecule has 2 aliphatic rings. The van der Waals surface area contributed by atoms with Gasteiger partial charge in [0.25, 0.3) is 0 Å². The lowest BCUT2D eigenvalue weighted by Crippen LogP contribution is -2.55. The standard InChI is InChI=1S/C23H26N2O3/c26-22(15-19-9-4-5-12-24-19)18-13-20-10-6-11-21(14-18)25(20)23(27)28-16-17-7-2-1-3-8-17/h1-5,7-9,12,18,20-21H,6,10-11,13-16H2. The molecule has 0 spiro atoms. The summed E-state index contributed by atoms with van der Waals surface area (Å²) in [7, 11) is 0. The molecule has 2 unspecified atom stereocenters. The van der Waals surface area contributed by atoms with E-state index < -0.39 is 0 Å². The number of nitrogens with zero attached hydrogens (tertiary/aromatic N) is 2. The highest BCUT2D eigenvalue weighted by Crippen LogP contribution is 2.38. The summed E-state index contributed by atoms with van der Waals surface area (Å²) in [4.78, 5) is 31.8. The maximum Gasteiger partial charge on any atom is 0.410 e. The van der Waals surface area contributed by atoms with Crippen LogP contribution in [-0.2, 0) is 22.6 Å². The number of carbonyl (C=O) groups is 2. The van der Waals surface area contributed by atoms with Gasteiger partial charge in [0, 0.05) is 36.3 Å². The van der Waals surface area contributed by atoms with Gasteiger partial charge in [-0.05, 0) is 49.8 Å². The summed E-state index contributed by atoms with van der Waals surface area (Å²) in [6.45, 7) is 0.289. The van der Waals surface area contributed by atoms with Crippen molar-refractivity contribution < 1.29 is 14.3 Å². The van der Waals surface area contributed by atoms with E-state index in [-0.39, 0.29) is 36.5 Å². The fourth-order valence-electron chi connectivity index (χ4n) is 4.56. The summed E-state index contributed by atoms with van der Waals surface area (Å²) < 4.78 is 5.59. The van der Waals surface area contributed by atoms with Crippen LogP contribution in [0.3, 0.4) is 0 Å². The molecule has 0 saturated carbocycles. The quantitative estimate of drug-likeness (QED) is 0.784. The van der Waals surface area contributed by atoms with E-state index >= 15 is 0 Å². The van der Waals surface area contributed by atoms with Gasteiger partial charge in [-0.1, -0.05) is 36.4 Å². The number of amides is 1. The summed E-state index contributed by atoms with van der Waals surface area (Å²) in [6.07, 6.45) is 6.35. The Bertz CT molecular complexity index is 795. The average Bonchev–Trinajstić information content (AvgIpc) is 2.72. The van der Waals surface area contributed by atoms with Crippen molar-refractivity contribution in [3.63, 3.8) is 0 Å². The van der Waals surface area contributed by atoms with Gasteiger partial charge in [0.2, 0.25) is 0 Å². The normalized spacial score (nSPS) is 23.9. The highest BCUT2D eigenvalue weighted by Gasteiger charge is 2.43. The minimum atomic E-state index is -0.242. The molecular formula is C23H26N2O3. The molecule has 5 heteroatoms. The second-order valence-electron chi connectivity index (χ2n) is 7.82. The van der Waals surface area contributed by atoms with E-state index in [1.807, 2.05) is 53.4 Å². The molecule has 2 aliphatic heterocycles. The summed E-state index contributed by atoms with van der Waals surface area (Å²) in [6, 6.07) is 15.6. The van der Waals surface area contributed by atoms with Gasteiger partial charge in [0.1, 0.15) is 12.4 Å². The number of aromatic nitrogens is 1. The van der Waals surface area contributed by atoms with Crippen molar-refractivity contribution in [3.8, 4) is 0 Å². The highest BCUT2D eigenvalue weighted by molar-refractivity contribution is 5.83. The van der Waals surface area contributed by atoms with Crippen LogP contribution in [0.25, 0.3) is 0 Å². The Labute approximate surface area is 165 Å². The molecule has 3 heterocycles. The van der Waals surface area contributed by atoms with E-state index in [4.69, 9.17) is 4.74 Å². The van der Waals surface area contributed by atoms with Crippen molar-refractivity contribution in [1.82, 2.24) is 9.88 Å². The average molecular weight is 378 g/mol. The molecular weight excluding hydrogens is 352 g/mol. The third-order valence-electron chi connectivity index (χ3n) is 5.93. The maximum absolute atomic E-state index is 12.8. The van der Waals surface area contributed by atoms with Gasteiger partial charge in [-0.2, -0.15) is 0 Å². The second kappa shape index (κ2) is 8.55. The fourth-order valence-corrected chi connectivity index (χ4v) is 4.56. The summed E-state index contributed by atoms with van der Waals surface area (Å²) in [5.74, 6) is 0.253. The lowest BCUT2D eigenvalue weighted by Gasteiger charge is -2.47. The molecule has 1 amide bonds. The van der Waals surface area contributed by atoms with Crippen molar-refractivity contribution in [2.24, 2.45) is 5.92 Å². The molecule has 0 aliphatic carbocycles. The molecule has 2 bridgehead atoms. The predicted octanol–water partition coefficient (Wildman–Crippen LogP) is 4.16. The second-order valence-corrected chi connectivity index (χ2v) is 7.82. The predicted molar refractivity (Wildman–Crippen MR) is 106 cm³/mol. The van der Waals surface area contributed by atoms with Crippen molar-refractivity contribution in [2.45, 2.75) is 57.2 Å². The first-order valence-electron chi connectivity index (χ1n) is 10.1. The Morgan fingerprint density at radius 3 is 2.39 bits per heavy atom. The molecule has 5 nitrogen and oxygen atoms in total. The Kier molecular flexibility index (Phi) is 5.70. The number of hydrogen-bond donors (Lipinski definition) is 0. The number of carbonyl (C=O) groups excluding carboxylic acids is 2. The molecule has 28 heavy (non-hydrogen) atoms. The highest BCUT2D eigenvalue weighted by atomic mass is 16.6. The lowest BCUT2D eigenvalue weighted by atomic mass is 9.76. The number of ketones is 1. The van der Waals surface area contributed by atoms with Gasteiger partial charge in [-0.15, -0.1) is 0 Å². The number of pyridine rings is 1. The van der Waals surface area contributed by atoms with Gasteiger partial charge in [0.05, 0.1) is 0 Å². The van der Waals surface area contributed by atoms with Crippen LogP contribution in [0.5, 0.6) is 0 Å². The smallest absolute Gasteiger partial charge is 0.410 e. The molecule has 1 aromatic carbocycles. The zero-order valence-corrected chi connectivity index (χ0v) is 16.0. The monoisotopic (exact) mass is 378 g/mol. The third-order valence-corrected chi connectivity index (χ3v) is 5.93. The molecule has 4 rings (SSSR count). The Morgan fingerprint density at radius 1 is 1.00 bits per heavy atom. The van der Waals surface area contributed by atoms with Crippen LogP contribution in [0.15, 0.2) is 54.7 Å². The number of fused-ring (bicyclic) bond motifs is 2. The van der Waals surface area contributed by atoms with E-state index in [2.05, 4.69) is 4.98 Å². The van der Waals surface area contributed by atoms with Gasteiger partial charge in [0.15, 0.2) is 0 Å². The minimum Gasteiger partial charge on any atom is -0.445 e. The molecule has 1 aromatic heterocycles. The number of ether oxygens (including phenoxy) is 1. The van der Waals surface area contributed by atoms with Crippen LogP contribution in [0.4, 0.5) is 4.79 Å². The SMILES string of the molecule is O=C(Cc1ccccn1)C1CC2CCCC(C1)N2C(=O)OCc1ccccc1. The zero-order valence-electron chi connectivity index (χ0n) is 16.0. The number of rotatable bonds is 5. The van der Waals surface area contributed by atoms with E-state index in [0.29, 0.717) is 6.42 Å². The van der Waals surface area contributed by atoms with Crippen LogP contribution in [-0.4, -0.2) is 33.8 Å². The topological polar surface area (TPSA) is 59.5 Å². The molecule has 0 radical (unpaired) electrons. The van der Waals surface area contributed by atoms with Crippen LogP contribution in [0.2, 0.25) is 0 Å². The van der Waals surface area contributed by atoms with E-state index in [1.54, 1.807) is 6.20 Å². The van der Waals surface area contributed by atoms with E-state index in [0.717, 1.165) is 43.4 Å². The van der Waals surface area contributed by atoms with Crippen LogP contribution in [0, 0.1) is 5.92 Å². The number of Topliss-reactive ketones (excluding diaryl/α,β-unsaturated/α-hetero) is 1. The van der Waals surface area contributed by atoms with Crippen molar-refractivity contribution in [2.75, 3.05) is 0 Å². The summed E-state index contributed by atoms with van der Waals surface area (Å²) in [5.41, 5.74) is 1.81. The largest absolute Gasteiger partial charge is 0.445 e.